The van der Waals surface area contributed by atoms with Gasteiger partial charge >= 0.3 is 0 Å². The first kappa shape index (κ1) is 13.1. The minimum Gasteiger partial charge on any atom is -0.493 e. The maximum absolute atomic E-state index is 5.36. The summed E-state index contributed by atoms with van der Waals surface area (Å²) in [5.41, 5.74) is 3.95. The van der Waals surface area contributed by atoms with E-state index in [1.54, 1.807) is 14.2 Å². The maximum Gasteiger partial charge on any atom is 0.161 e. The van der Waals surface area contributed by atoms with Crippen molar-refractivity contribution in [3.05, 3.63) is 36.8 Å². The van der Waals surface area contributed by atoms with E-state index in [1.165, 1.54) is 12.8 Å². The number of hydrogen-bond donors (Lipinski definition) is 0. The predicted octanol–water partition coefficient (Wildman–Crippen LogP) is 3.45. The van der Waals surface area contributed by atoms with E-state index < -0.39 is 0 Å². The summed E-state index contributed by atoms with van der Waals surface area (Å²) in [6, 6.07) is 8.44. The van der Waals surface area contributed by atoms with Gasteiger partial charge in [0.25, 0.3) is 0 Å². The monoisotopic (exact) mass is 295 g/mol. The van der Waals surface area contributed by atoms with Crippen molar-refractivity contribution in [1.82, 2.24) is 14.5 Å². The minimum absolute atomic E-state index is 0.610. The van der Waals surface area contributed by atoms with Gasteiger partial charge in [0.2, 0.25) is 0 Å². The van der Waals surface area contributed by atoms with Crippen molar-refractivity contribution in [2.75, 3.05) is 14.2 Å². The first-order valence-corrected chi connectivity index (χ1v) is 7.35. The Balaban J connectivity index is 1.77. The van der Waals surface area contributed by atoms with Gasteiger partial charge in [-0.15, -0.1) is 0 Å². The number of imidazole rings is 1. The molecular formula is C17H17N3O2. The van der Waals surface area contributed by atoms with E-state index in [4.69, 9.17) is 9.47 Å². The Morgan fingerprint density at radius 1 is 1.05 bits per heavy atom. The summed E-state index contributed by atoms with van der Waals surface area (Å²) in [5.74, 6) is 1.41. The van der Waals surface area contributed by atoms with Gasteiger partial charge in [0.15, 0.2) is 11.5 Å². The van der Waals surface area contributed by atoms with E-state index >= 15 is 0 Å². The molecule has 4 rings (SSSR count). The van der Waals surface area contributed by atoms with Crippen molar-refractivity contribution in [1.29, 1.82) is 0 Å². The number of methoxy groups -OCH3 is 2. The Morgan fingerprint density at radius 3 is 2.59 bits per heavy atom. The van der Waals surface area contributed by atoms with Crippen molar-refractivity contribution >= 4 is 11.0 Å². The van der Waals surface area contributed by atoms with E-state index in [0.717, 1.165) is 22.3 Å². The number of pyridine rings is 1. The van der Waals surface area contributed by atoms with Crippen LogP contribution in [0.3, 0.4) is 0 Å². The number of ether oxygens (including phenoxy) is 2. The lowest BCUT2D eigenvalue weighted by molar-refractivity contribution is 0.355. The topological polar surface area (TPSA) is 49.2 Å². The van der Waals surface area contributed by atoms with E-state index in [-0.39, 0.29) is 0 Å². The molecular weight excluding hydrogens is 278 g/mol. The molecule has 0 spiro atoms. The Bertz CT molecular complexity index is 837. The summed E-state index contributed by atoms with van der Waals surface area (Å²) in [7, 11) is 3.27. The minimum atomic E-state index is 0.610. The molecule has 0 N–H and O–H groups in total. The SMILES string of the molecule is COc1ccc(-c2cc3ncn(C4CC4)c3cn2)cc1OC. The van der Waals surface area contributed by atoms with Crippen molar-refractivity contribution < 1.29 is 9.47 Å². The first-order chi connectivity index (χ1) is 10.8. The van der Waals surface area contributed by atoms with Gasteiger partial charge in [0.05, 0.1) is 43.5 Å². The molecule has 2 heterocycles. The highest BCUT2D eigenvalue weighted by molar-refractivity contribution is 5.80. The smallest absolute Gasteiger partial charge is 0.161 e. The van der Waals surface area contributed by atoms with Crippen LogP contribution in [0, 0.1) is 0 Å². The fourth-order valence-electron chi connectivity index (χ4n) is 2.72. The second kappa shape index (κ2) is 5.02. The zero-order valence-electron chi connectivity index (χ0n) is 12.6. The normalized spacial score (nSPS) is 14.3. The van der Waals surface area contributed by atoms with Gasteiger partial charge in [-0.3, -0.25) is 4.98 Å². The predicted molar refractivity (Wildman–Crippen MR) is 84.3 cm³/mol. The summed E-state index contributed by atoms with van der Waals surface area (Å²) in [6.45, 7) is 0. The van der Waals surface area contributed by atoms with E-state index in [9.17, 15) is 0 Å². The number of fused-ring (bicyclic) bond motifs is 1. The largest absolute Gasteiger partial charge is 0.493 e. The van der Waals surface area contributed by atoms with Crippen LogP contribution < -0.4 is 9.47 Å². The molecule has 112 valence electrons. The Hall–Kier alpha value is -2.56. The lowest BCUT2D eigenvalue weighted by Gasteiger charge is -2.09. The highest BCUT2D eigenvalue weighted by atomic mass is 16.5. The molecule has 2 aromatic heterocycles. The quantitative estimate of drug-likeness (QED) is 0.739. The molecule has 0 amide bonds. The Labute approximate surface area is 128 Å². The van der Waals surface area contributed by atoms with Gasteiger partial charge in [0.1, 0.15) is 0 Å². The van der Waals surface area contributed by atoms with E-state index in [1.807, 2.05) is 36.8 Å². The van der Waals surface area contributed by atoms with E-state index in [2.05, 4.69) is 14.5 Å². The van der Waals surface area contributed by atoms with Crippen LogP contribution in [-0.2, 0) is 0 Å². The van der Waals surface area contributed by atoms with Crippen molar-refractivity contribution in [3.63, 3.8) is 0 Å². The maximum atomic E-state index is 5.36. The van der Waals surface area contributed by atoms with Crippen LogP contribution >= 0.6 is 0 Å². The second-order valence-electron chi connectivity index (χ2n) is 5.51. The Morgan fingerprint density at radius 2 is 1.86 bits per heavy atom. The number of rotatable bonds is 4. The van der Waals surface area contributed by atoms with Crippen molar-refractivity contribution in [2.24, 2.45) is 0 Å². The molecule has 0 atom stereocenters. The van der Waals surface area contributed by atoms with Crippen molar-refractivity contribution in [2.45, 2.75) is 18.9 Å². The summed E-state index contributed by atoms with van der Waals surface area (Å²) < 4.78 is 12.9. The van der Waals surface area contributed by atoms with Crippen LogP contribution in [0.15, 0.2) is 36.8 Å². The van der Waals surface area contributed by atoms with Gasteiger partial charge in [0, 0.05) is 11.6 Å². The zero-order valence-corrected chi connectivity index (χ0v) is 12.6. The molecule has 0 aliphatic heterocycles. The number of nitrogens with zero attached hydrogens (tertiary/aromatic N) is 3. The van der Waals surface area contributed by atoms with E-state index in [0.29, 0.717) is 17.5 Å². The molecule has 1 aromatic carbocycles. The standard InChI is InChI=1S/C17H17N3O2/c1-21-16-6-3-11(7-17(16)22-2)13-8-14-15(9-18-13)20(10-19-14)12-4-5-12/h3,6-10,12H,4-5H2,1-2H3. The van der Waals surface area contributed by atoms with Crippen LogP contribution in [-0.4, -0.2) is 28.8 Å². The molecule has 0 bridgehead atoms. The average molecular weight is 295 g/mol. The second-order valence-corrected chi connectivity index (χ2v) is 5.51. The lowest BCUT2D eigenvalue weighted by atomic mass is 10.1. The summed E-state index contributed by atoms with van der Waals surface area (Å²) in [4.78, 5) is 9.10. The lowest BCUT2D eigenvalue weighted by Crippen LogP contribution is -1.93. The fraction of sp³-hybridized carbons (Fsp3) is 0.294. The molecule has 3 aromatic rings. The van der Waals surface area contributed by atoms with Crippen molar-refractivity contribution in [3.8, 4) is 22.8 Å². The van der Waals surface area contributed by atoms with Crippen LogP contribution in [0.25, 0.3) is 22.3 Å². The Kier molecular flexibility index (Phi) is 2.99. The molecule has 22 heavy (non-hydrogen) atoms. The molecule has 0 radical (unpaired) electrons. The summed E-state index contributed by atoms with van der Waals surface area (Å²) >= 11 is 0. The molecule has 1 fully saturated rings. The molecule has 5 heteroatoms. The first-order valence-electron chi connectivity index (χ1n) is 7.35. The third kappa shape index (κ3) is 2.09. The zero-order chi connectivity index (χ0) is 15.1. The molecule has 1 saturated carbocycles. The number of hydrogen-bond acceptors (Lipinski definition) is 4. The van der Waals surface area contributed by atoms with Gasteiger partial charge in [-0.2, -0.15) is 0 Å². The molecule has 0 unspecified atom stereocenters. The van der Waals surface area contributed by atoms with Crippen LogP contribution in [0.1, 0.15) is 18.9 Å². The van der Waals surface area contributed by atoms with Gasteiger partial charge in [-0.1, -0.05) is 0 Å². The summed E-state index contributed by atoms with van der Waals surface area (Å²) in [6.07, 6.45) is 6.31. The van der Waals surface area contributed by atoms with Gasteiger partial charge in [-0.25, -0.2) is 4.98 Å². The van der Waals surface area contributed by atoms with Gasteiger partial charge in [-0.05, 0) is 37.1 Å². The molecule has 0 saturated heterocycles. The highest BCUT2D eigenvalue weighted by Gasteiger charge is 2.25. The van der Waals surface area contributed by atoms with Gasteiger partial charge < -0.3 is 14.0 Å². The van der Waals surface area contributed by atoms with Crippen LogP contribution in [0.5, 0.6) is 11.5 Å². The highest BCUT2D eigenvalue weighted by Crippen LogP contribution is 2.37. The molecule has 1 aliphatic carbocycles. The van der Waals surface area contributed by atoms with Crippen LogP contribution in [0.2, 0.25) is 0 Å². The number of benzene rings is 1. The average Bonchev–Trinajstić information content (AvgIpc) is 3.33. The molecule has 5 nitrogen and oxygen atoms in total. The van der Waals surface area contributed by atoms with Crippen LogP contribution in [0.4, 0.5) is 0 Å². The third-order valence-electron chi connectivity index (χ3n) is 4.08. The fourth-order valence-corrected chi connectivity index (χ4v) is 2.72. The summed E-state index contributed by atoms with van der Waals surface area (Å²) in [5, 5.41) is 0. The number of aromatic nitrogens is 3. The third-order valence-corrected chi connectivity index (χ3v) is 4.08. The molecule has 1 aliphatic rings.